The zero-order valence-corrected chi connectivity index (χ0v) is 15.0. The number of anilines is 1. The zero-order chi connectivity index (χ0) is 19.6. The number of aryl methyl sites for hydroxylation is 2. The fourth-order valence-electron chi connectivity index (χ4n) is 2.51. The molecule has 1 heterocycles. The third kappa shape index (κ3) is 4.33. The van der Waals surface area contributed by atoms with Crippen LogP contribution in [0.3, 0.4) is 0 Å². The summed E-state index contributed by atoms with van der Waals surface area (Å²) in [6, 6.07) is 10.0. The zero-order valence-electron chi connectivity index (χ0n) is 15.0. The van der Waals surface area contributed by atoms with E-state index in [1.165, 1.54) is 31.3 Å². The van der Waals surface area contributed by atoms with Crippen LogP contribution >= 0.6 is 0 Å². The maximum absolute atomic E-state index is 13.2. The summed E-state index contributed by atoms with van der Waals surface area (Å²) in [7, 11) is 0. The number of carbonyl (C=O) groups excluding carboxylic acids is 1. The first-order valence-corrected chi connectivity index (χ1v) is 8.21. The molecule has 1 atom stereocenters. The highest BCUT2D eigenvalue weighted by Gasteiger charge is 2.44. The summed E-state index contributed by atoms with van der Waals surface area (Å²) in [5.74, 6) is -0.615. The van der Waals surface area contributed by atoms with Crippen LogP contribution in [0.4, 0.5) is 14.5 Å². The Labute approximate surface area is 154 Å². The lowest BCUT2D eigenvalue weighted by Crippen LogP contribution is -2.26. The van der Waals surface area contributed by atoms with Crippen molar-refractivity contribution < 1.29 is 27.9 Å². The maximum atomic E-state index is 13.2. The maximum Gasteiger partial charge on any atom is 0.586 e. The van der Waals surface area contributed by atoms with Gasteiger partial charge in [0.25, 0.3) is 5.91 Å². The highest BCUT2D eigenvalue weighted by Crippen LogP contribution is 2.42. The van der Waals surface area contributed by atoms with Gasteiger partial charge in [0.1, 0.15) is 0 Å². The normalized spacial score (nSPS) is 15.6. The first-order valence-electron chi connectivity index (χ1n) is 8.21. The predicted octanol–water partition coefficient (Wildman–Crippen LogP) is 4.00. The number of para-hydroxylation sites is 1. The molecule has 0 bridgehead atoms. The number of fused-ring (bicyclic) bond motifs is 1. The largest absolute Gasteiger partial charge is 0.586 e. The molecule has 0 saturated carbocycles. The van der Waals surface area contributed by atoms with Crippen molar-refractivity contribution in [1.82, 2.24) is 0 Å². The van der Waals surface area contributed by atoms with E-state index >= 15 is 0 Å². The number of oxime groups is 1. The van der Waals surface area contributed by atoms with Crippen LogP contribution < -0.4 is 14.8 Å². The number of alkyl halides is 2. The molecular formula is C19H18F2N2O4. The fraction of sp³-hybridized carbons (Fsp3) is 0.263. The molecule has 2 aromatic carbocycles. The van der Waals surface area contributed by atoms with Gasteiger partial charge in [-0.1, -0.05) is 28.9 Å². The number of nitrogens with one attached hydrogen (secondary N) is 1. The smallest absolute Gasteiger partial charge is 0.395 e. The fourth-order valence-corrected chi connectivity index (χ4v) is 2.51. The highest BCUT2D eigenvalue weighted by molar-refractivity contribution is 5.94. The molecule has 0 aromatic heterocycles. The van der Waals surface area contributed by atoms with Crippen molar-refractivity contribution in [2.45, 2.75) is 33.2 Å². The Bertz CT molecular complexity index is 899. The van der Waals surface area contributed by atoms with Crippen molar-refractivity contribution >= 4 is 17.8 Å². The number of benzene rings is 2. The summed E-state index contributed by atoms with van der Waals surface area (Å²) in [6.07, 6.45) is -3.42. The minimum atomic E-state index is -3.72. The van der Waals surface area contributed by atoms with Gasteiger partial charge >= 0.3 is 6.29 Å². The van der Waals surface area contributed by atoms with E-state index in [2.05, 4.69) is 19.9 Å². The molecule has 1 aliphatic heterocycles. The first-order chi connectivity index (χ1) is 12.7. The second kappa shape index (κ2) is 7.22. The van der Waals surface area contributed by atoms with Crippen LogP contribution in [0.15, 0.2) is 41.6 Å². The average Bonchev–Trinajstić information content (AvgIpc) is 2.92. The van der Waals surface area contributed by atoms with Gasteiger partial charge in [-0.15, -0.1) is 8.78 Å². The summed E-state index contributed by atoms with van der Waals surface area (Å²) in [6.45, 7) is 5.38. The van der Waals surface area contributed by atoms with Gasteiger partial charge in [0.15, 0.2) is 11.5 Å². The number of hydrogen-bond donors (Lipinski definition) is 1. The van der Waals surface area contributed by atoms with Crippen molar-refractivity contribution in [3.63, 3.8) is 0 Å². The Morgan fingerprint density at radius 1 is 1.26 bits per heavy atom. The second-order valence-electron chi connectivity index (χ2n) is 6.13. The molecule has 3 rings (SSSR count). The third-order valence-corrected chi connectivity index (χ3v) is 3.88. The van der Waals surface area contributed by atoms with E-state index in [0.717, 1.165) is 11.1 Å². The molecule has 0 spiro atoms. The van der Waals surface area contributed by atoms with Gasteiger partial charge in [-0.3, -0.25) is 4.79 Å². The summed E-state index contributed by atoms with van der Waals surface area (Å²) in [5, 5.41) is 6.46. The molecule has 0 radical (unpaired) electrons. The molecule has 6 nitrogen and oxygen atoms in total. The molecule has 0 saturated heterocycles. The predicted molar refractivity (Wildman–Crippen MR) is 95.3 cm³/mol. The molecular weight excluding hydrogens is 358 g/mol. The molecule has 2 aromatic rings. The van der Waals surface area contributed by atoms with Crippen LogP contribution in [0.5, 0.6) is 11.5 Å². The van der Waals surface area contributed by atoms with Gasteiger partial charge in [0.05, 0.1) is 6.21 Å². The monoisotopic (exact) mass is 376 g/mol. The Hall–Kier alpha value is -3.16. The average molecular weight is 376 g/mol. The number of hydrogen-bond acceptors (Lipinski definition) is 5. The van der Waals surface area contributed by atoms with Crippen LogP contribution in [0, 0.1) is 13.8 Å². The van der Waals surface area contributed by atoms with Crippen molar-refractivity contribution in [1.29, 1.82) is 0 Å². The number of halogens is 2. The minimum Gasteiger partial charge on any atom is -0.395 e. The molecule has 0 fully saturated rings. The van der Waals surface area contributed by atoms with E-state index in [0.29, 0.717) is 5.69 Å². The highest BCUT2D eigenvalue weighted by atomic mass is 19.3. The van der Waals surface area contributed by atoms with Crippen LogP contribution in [0.2, 0.25) is 0 Å². The molecule has 1 aliphatic rings. The number of nitrogens with zero attached hydrogens (tertiary/aromatic N) is 1. The summed E-state index contributed by atoms with van der Waals surface area (Å²) in [4.78, 5) is 17.3. The Morgan fingerprint density at radius 3 is 2.78 bits per heavy atom. The van der Waals surface area contributed by atoms with Crippen LogP contribution in [-0.4, -0.2) is 24.5 Å². The summed E-state index contributed by atoms with van der Waals surface area (Å²) >= 11 is 0. The lowest BCUT2D eigenvalue weighted by Gasteiger charge is -2.12. The van der Waals surface area contributed by atoms with E-state index in [1.54, 1.807) is 0 Å². The SMILES string of the molecule is Cc1ccc(NC(=O)C(C)O/N=C\c2cccc3c2OC(F)(F)O3)c(C)c1. The summed E-state index contributed by atoms with van der Waals surface area (Å²) in [5.41, 5.74) is 2.94. The van der Waals surface area contributed by atoms with Gasteiger partial charge in [-0.05, 0) is 44.5 Å². The lowest BCUT2D eigenvalue weighted by molar-refractivity contribution is -0.286. The van der Waals surface area contributed by atoms with E-state index in [9.17, 15) is 13.6 Å². The summed E-state index contributed by atoms with van der Waals surface area (Å²) < 4.78 is 35.1. The van der Waals surface area contributed by atoms with Gasteiger partial charge in [-0.25, -0.2) is 0 Å². The van der Waals surface area contributed by atoms with Gasteiger partial charge in [0, 0.05) is 11.3 Å². The van der Waals surface area contributed by atoms with Crippen molar-refractivity contribution in [3.8, 4) is 11.5 Å². The number of carbonyl (C=O) groups is 1. The van der Waals surface area contributed by atoms with E-state index in [1.807, 2.05) is 32.0 Å². The van der Waals surface area contributed by atoms with E-state index < -0.39 is 12.4 Å². The first kappa shape index (κ1) is 18.6. The van der Waals surface area contributed by atoms with Crippen LogP contribution in [0.1, 0.15) is 23.6 Å². The molecule has 1 unspecified atom stereocenters. The molecule has 1 amide bonds. The van der Waals surface area contributed by atoms with Crippen LogP contribution in [0.25, 0.3) is 0 Å². The Kier molecular flexibility index (Phi) is 4.98. The Balaban J connectivity index is 1.62. The standard InChI is InChI=1S/C19H18F2N2O4/c1-11-7-8-15(12(2)9-11)23-18(24)13(3)27-22-10-14-5-4-6-16-17(14)26-19(20,21)25-16/h4-10,13H,1-3H3,(H,23,24)/b22-10-. The number of amides is 1. The molecule has 142 valence electrons. The second-order valence-corrected chi connectivity index (χ2v) is 6.13. The quantitative estimate of drug-likeness (QED) is 0.633. The van der Waals surface area contributed by atoms with Crippen molar-refractivity contribution in [3.05, 3.63) is 53.1 Å². The van der Waals surface area contributed by atoms with Crippen LogP contribution in [-0.2, 0) is 9.63 Å². The van der Waals surface area contributed by atoms with E-state index in [4.69, 9.17) is 4.84 Å². The molecule has 8 heteroatoms. The van der Waals surface area contributed by atoms with Crippen molar-refractivity contribution in [2.24, 2.45) is 5.16 Å². The van der Waals surface area contributed by atoms with E-state index in [-0.39, 0.29) is 23.0 Å². The minimum absolute atomic E-state index is 0.0930. The third-order valence-electron chi connectivity index (χ3n) is 3.88. The lowest BCUT2D eigenvalue weighted by atomic mass is 10.1. The molecule has 27 heavy (non-hydrogen) atoms. The number of ether oxygens (including phenoxy) is 2. The molecule has 0 aliphatic carbocycles. The Morgan fingerprint density at radius 2 is 2.04 bits per heavy atom. The number of rotatable bonds is 5. The van der Waals surface area contributed by atoms with Gasteiger partial charge in [0.2, 0.25) is 6.10 Å². The van der Waals surface area contributed by atoms with Gasteiger partial charge < -0.3 is 19.6 Å². The topological polar surface area (TPSA) is 69.2 Å². The van der Waals surface area contributed by atoms with Gasteiger partial charge in [-0.2, -0.15) is 0 Å². The van der Waals surface area contributed by atoms with Crippen molar-refractivity contribution in [2.75, 3.05) is 5.32 Å². The molecule has 1 N–H and O–H groups in total.